The highest BCUT2D eigenvalue weighted by Crippen LogP contribution is 2.14. The van der Waals surface area contributed by atoms with Crippen LogP contribution < -0.4 is 15.5 Å². The third-order valence-corrected chi connectivity index (χ3v) is 5.82. The molecule has 0 aliphatic carbocycles. The monoisotopic (exact) mass is 515 g/mol. The number of thiazole rings is 1. The van der Waals surface area contributed by atoms with Crippen LogP contribution in [0.5, 0.6) is 0 Å². The van der Waals surface area contributed by atoms with Crippen LogP contribution in [0.2, 0.25) is 0 Å². The highest BCUT2D eigenvalue weighted by atomic mass is 127. The number of nitrogens with zero attached hydrogens (tertiary/aromatic N) is 5. The number of halogens is 1. The van der Waals surface area contributed by atoms with E-state index in [9.17, 15) is 0 Å². The molecule has 1 aliphatic rings. The minimum Gasteiger partial charge on any atom is -0.354 e. The molecular formula is C19H30IN7S. The van der Waals surface area contributed by atoms with E-state index in [1.165, 1.54) is 4.88 Å². The van der Waals surface area contributed by atoms with E-state index in [1.54, 1.807) is 18.4 Å². The van der Waals surface area contributed by atoms with Crippen LogP contribution in [0.15, 0.2) is 29.5 Å². The maximum atomic E-state index is 4.64. The SMILES string of the molecule is CCc1cnc(CNC(=NC)NCc2ccc(N3CCN(C)CC3)nc2)s1.I. The first kappa shape index (κ1) is 22.8. The summed E-state index contributed by atoms with van der Waals surface area (Å²) in [6.45, 7) is 7.77. The molecule has 0 amide bonds. The number of pyridine rings is 1. The first-order valence-corrected chi connectivity index (χ1v) is 10.3. The Labute approximate surface area is 188 Å². The fourth-order valence-corrected chi connectivity index (χ4v) is 3.70. The molecule has 154 valence electrons. The van der Waals surface area contributed by atoms with E-state index in [4.69, 9.17) is 0 Å². The number of hydrogen-bond acceptors (Lipinski definition) is 6. The average Bonchev–Trinajstić information content (AvgIpc) is 3.17. The largest absolute Gasteiger partial charge is 0.354 e. The number of rotatable bonds is 6. The maximum Gasteiger partial charge on any atom is 0.191 e. The Morgan fingerprint density at radius 1 is 1.11 bits per heavy atom. The van der Waals surface area contributed by atoms with Gasteiger partial charge < -0.3 is 20.4 Å². The highest BCUT2D eigenvalue weighted by molar-refractivity contribution is 14.0. The number of piperazine rings is 1. The Morgan fingerprint density at radius 2 is 1.86 bits per heavy atom. The summed E-state index contributed by atoms with van der Waals surface area (Å²) >= 11 is 1.74. The summed E-state index contributed by atoms with van der Waals surface area (Å²) in [5.74, 6) is 1.83. The number of aromatic nitrogens is 2. The lowest BCUT2D eigenvalue weighted by molar-refractivity contribution is 0.312. The van der Waals surface area contributed by atoms with Crippen molar-refractivity contribution in [1.29, 1.82) is 0 Å². The van der Waals surface area contributed by atoms with Gasteiger partial charge in [0.1, 0.15) is 10.8 Å². The molecule has 28 heavy (non-hydrogen) atoms. The van der Waals surface area contributed by atoms with Crippen molar-refractivity contribution in [2.75, 3.05) is 45.2 Å². The Hall–Kier alpha value is -1.46. The Morgan fingerprint density at radius 3 is 2.46 bits per heavy atom. The van der Waals surface area contributed by atoms with Crippen molar-refractivity contribution in [2.45, 2.75) is 26.4 Å². The van der Waals surface area contributed by atoms with Gasteiger partial charge in [0, 0.05) is 57.0 Å². The second-order valence-electron chi connectivity index (χ2n) is 6.67. The predicted molar refractivity (Wildman–Crippen MR) is 128 cm³/mol. The Kier molecular flexibility index (Phi) is 9.39. The molecule has 0 bridgehead atoms. The second kappa shape index (κ2) is 11.5. The molecule has 0 spiro atoms. The van der Waals surface area contributed by atoms with Crippen LogP contribution in [0.3, 0.4) is 0 Å². The lowest BCUT2D eigenvalue weighted by Gasteiger charge is -2.33. The smallest absolute Gasteiger partial charge is 0.191 e. The fourth-order valence-electron chi connectivity index (χ4n) is 2.90. The van der Waals surface area contributed by atoms with E-state index in [-0.39, 0.29) is 24.0 Å². The number of guanidine groups is 1. The molecule has 0 saturated carbocycles. The van der Waals surface area contributed by atoms with E-state index in [2.05, 4.69) is 61.5 Å². The van der Waals surface area contributed by atoms with Gasteiger partial charge in [-0.15, -0.1) is 35.3 Å². The summed E-state index contributed by atoms with van der Waals surface area (Å²) in [4.78, 5) is 19.3. The normalized spacial score (nSPS) is 15.2. The van der Waals surface area contributed by atoms with Gasteiger partial charge in [-0.25, -0.2) is 9.97 Å². The fraction of sp³-hybridized carbons (Fsp3) is 0.526. The van der Waals surface area contributed by atoms with Crippen LogP contribution in [0.4, 0.5) is 5.82 Å². The van der Waals surface area contributed by atoms with E-state index in [0.717, 1.165) is 54.9 Å². The van der Waals surface area contributed by atoms with Gasteiger partial charge in [-0.3, -0.25) is 4.99 Å². The van der Waals surface area contributed by atoms with Crippen LogP contribution in [-0.4, -0.2) is 61.1 Å². The third-order valence-electron chi connectivity index (χ3n) is 4.68. The lowest BCUT2D eigenvalue weighted by Crippen LogP contribution is -2.44. The first-order chi connectivity index (χ1) is 13.2. The number of anilines is 1. The van der Waals surface area contributed by atoms with E-state index >= 15 is 0 Å². The van der Waals surface area contributed by atoms with E-state index in [0.29, 0.717) is 13.1 Å². The molecule has 0 radical (unpaired) electrons. The molecular weight excluding hydrogens is 485 g/mol. The zero-order valence-electron chi connectivity index (χ0n) is 16.8. The van der Waals surface area contributed by atoms with Crippen LogP contribution in [0.1, 0.15) is 22.4 Å². The number of aryl methyl sites for hydroxylation is 1. The quantitative estimate of drug-likeness (QED) is 0.350. The molecule has 2 aromatic rings. The number of nitrogens with one attached hydrogen (secondary N) is 2. The molecule has 2 N–H and O–H groups in total. The second-order valence-corrected chi connectivity index (χ2v) is 7.87. The topological polar surface area (TPSA) is 68.7 Å². The lowest BCUT2D eigenvalue weighted by atomic mass is 10.2. The van der Waals surface area contributed by atoms with Crippen LogP contribution >= 0.6 is 35.3 Å². The van der Waals surface area contributed by atoms with E-state index in [1.807, 2.05) is 12.4 Å². The summed E-state index contributed by atoms with van der Waals surface area (Å²) in [6.07, 6.45) is 4.93. The van der Waals surface area contributed by atoms with Gasteiger partial charge in [0.05, 0.1) is 6.54 Å². The summed E-state index contributed by atoms with van der Waals surface area (Å²) in [5, 5.41) is 7.73. The maximum absolute atomic E-state index is 4.64. The van der Waals surface area contributed by atoms with Gasteiger partial charge in [-0.2, -0.15) is 0 Å². The molecule has 1 aliphatic heterocycles. The third kappa shape index (κ3) is 6.56. The van der Waals surface area contributed by atoms with Gasteiger partial charge in [-0.05, 0) is 25.1 Å². The van der Waals surface area contributed by atoms with Gasteiger partial charge in [0.2, 0.25) is 0 Å². The van der Waals surface area contributed by atoms with Crippen molar-refractivity contribution in [2.24, 2.45) is 4.99 Å². The van der Waals surface area contributed by atoms with Crippen molar-refractivity contribution in [3.63, 3.8) is 0 Å². The average molecular weight is 515 g/mol. The standard InChI is InChI=1S/C19H29N7S.HI/c1-4-16-13-22-18(27-16)14-24-19(20-2)23-12-15-5-6-17(21-11-15)26-9-7-25(3)8-10-26;/h5-6,11,13H,4,7-10,12,14H2,1-3H3,(H2,20,23,24);1H. The van der Waals surface area contributed by atoms with Crippen molar-refractivity contribution in [3.8, 4) is 0 Å². The number of likely N-dealkylation sites (N-methyl/N-ethyl adjacent to an activating group) is 1. The van der Waals surface area contributed by atoms with Crippen LogP contribution in [-0.2, 0) is 19.5 Å². The first-order valence-electron chi connectivity index (χ1n) is 9.44. The summed E-state index contributed by atoms with van der Waals surface area (Å²) in [5.41, 5.74) is 1.14. The van der Waals surface area contributed by atoms with Gasteiger partial charge in [-0.1, -0.05) is 13.0 Å². The van der Waals surface area contributed by atoms with Crippen molar-refractivity contribution in [3.05, 3.63) is 40.0 Å². The predicted octanol–water partition coefficient (Wildman–Crippen LogP) is 2.34. The molecule has 3 rings (SSSR count). The summed E-state index contributed by atoms with van der Waals surface area (Å²) < 4.78 is 0. The molecule has 0 atom stereocenters. The molecule has 7 nitrogen and oxygen atoms in total. The van der Waals surface area contributed by atoms with Gasteiger partial charge in [0.15, 0.2) is 5.96 Å². The summed E-state index contributed by atoms with van der Waals surface area (Å²) in [6, 6.07) is 4.25. The zero-order chi connectivity index (χ0) is 19.1. The molecule has 1 fully saturated rings. The van der Waals surface area contributed by atoms with E-state index < -0.39 is 0 Å². The minimum absolute atomic E-state index is 0. The molecule has 3 heterocycles. The molecule has 1 saturated heterocycles. The van der Waals surface area contributed by atoms with Gasteiger partial charge in [0.25, 0.3) is 0 Å². The summed E-state index contributed by atoms with van der Waals surface area (Å²) in [7, 11) is 3.95. The minimum atomic E-state index is 0. The Bertz CT molecular complexity index is 739. The Balaban J connectivity index is 0.00000280. The van der Waals surface area contributed by atoms with Crippen molar-refractivity contribution < 1.29 is 0 Å². The molecule has 2 aromatic heterocycles. The number of aliphatic imine (C=N–C) groups is 1. The molecule has 9 heteroatoms. The van der Waals surface area contributed by atoms with Crippen molar-refractivity contribution >= 4 is 47.1 Å². The number of hydrogen-bond donors (Lipinski definition) is 2. The van der Waals surface area contributed by atoms with Crippen LogP contribution in [0.25, 0.3) is 0 Å². The zero-order valence-corrected chi connectivity index (χ0v) is 20.0. The van der Waals surface area contributed by atoms with Crippen LogP contribution in [0, 0.1) is 0 Å². The van der Waals surface area contributed by atoms with Crippen molar-refractivity contribution in [1.82, 2.24) is 25.5 Å². The molecule has 0 aromatic carbocycles. The molecule has 0 unspecified atom stereocenters. The van der Waals surface area contributed by atoms with Gasteiger partial charge >= 0.3 is 0 Å². The highest BCUT2D eigenvalue weighted by Gasteiger charge is 2.14.